The number of carbonyl (C=O) groups is 1. The Morgan fingerprint density at radius 3 is 2.56 bits per heavy atom. The summed E-state index contributed by atoms with van der Waals surface area (Å²) in [6.07, 6.45) is -2.36. The molecule has 1 saturated carbocycles. The van der Waals surface area contributed by atoms with E-state index in [0.717, 1.165) is 25.0 Å². The molecule has 7 heteroatoms. The number of hydrogen-bond donors (Lipinski definition) is 2. The molecule has 3 nitrogen and oxygen atoms in total. The number of halogens is 3. The maximum absolute atomic E-state index is 12.6. The van der Waals surface area contributed by atoms with Crippen molar-refractivity contribution in [3.05, 3.63) is 0 Å². The fraction of sp³-hybridized carbons (Fsp3) is 0.909. The van der Waals surface area contributed by atoms with Gasteiger partial charge in [0.25, 0.3) is 0 Å². The first-order valence-electron chi connectivity index (χ1n) is 5.96. The zero-order chi connectivity index (χ0) is 14.0. The third-order valence-electron chi connectivity index (χ3n) is 3.18. The predicted octanol–water partition coefficient (Wildman–Crippen LogP) is 2.06. The molecule has 106 valence electrons. The second-order valence-corrected chi connectivity index (χ2v) is 6.34. The minimum atomic E-state index is -4.73. The van der Waals surface area contributed by atoms with E-state index in [9.17, 15) is 18.0 Å². The second-order valence-electron chi connectivity index (χ2n) is 4.76. The molecule has 0 saturated heterocycles. The first-order valence-corrected chi connectivity index (χ1v) is 7.01. The molecular weight excluding hydrogens is 265 g/mol. The average Bonchev–Trinajstić information content (AvgIpc) is 2.64. The van der Waals surface area contributed by atoms with Gasteiger partial charge in [-0.25, -0.2) is 0 Å². The molecule has 0 heterocycles. The summed E-state index contributed by atoms with van der Waals surface area (Å²) >= 11 is 1.78. The Kier molecular flexibility index (Phi) is 4.94. The Morgan fingerprint density at radius 2 is 2.06 bits per heavy atom. The van der Waals surface area contributed by atoms with E-state index in [0.29, 0.717) is 12.2 Å². The maximum Gasteiger partial charge on any atom is 0.415 e. The fourth-order valence-corrected chi connectivity index (χ4v) is 3.06. The van der Waals surface area contributed by atoms with Gasteiger partial charge in [0.1, 0.15) is 0 Å². The highest BCUT2D eigenvalue weighted by molar-refractivity contribution is 7.99. The predicted molar refractivity (Wildman–Crippen MR) is 66.3 cm³/mol. The molecule has 1 aliphatic rings. The quantitative estimate of drug-likeness (QED) is 0.831. The van der Waals surface area contributed by atoms with Gasteiger partial charge in [0.15, 0.2) is 5.54 Å². The van der Waals surface area contributed by atoms with Crippen LogP contribution in [-0.2, 0) is 4.79 Å². The minimum Gasteiger partial charge on any atom is -0.351 e. The lowest BCUT2D eigenvalue weighted by molar-refractivity contribution is -0.187. The summed E-state index contributed by atoms with van der Waals surface area (Å²) in [5.74, 6) is -0.162. The van der Waals surface area contributed by atoms with Gasteiger partial charge < -0.3 is 11.1 Å². The van der Waals surface area contributed by atoms with Gasteiger partial charge in [-0.15, -0.1) is 0 Å². The molecule has 0 aromatic rings. The zero-order valence-electron chi connectivity index (χ0n) is 10.5. The van der Waals surface area contributed by atoms with Crippen LogP contribution in [0.4, 0.5) is 13.2 Å². The topological polar surface area (TPSA) is 55.1 Å². The Balaban J connectivity index is 2.52. The van der Waals surface area contributed by atoms with Gasteiger partial charge >= 0.3 is 6.18 Å². The van der Waals surface area contributed by atoms with Gasteiger partial charge in [-0.1, -0.05) is 6.92 Å². The van der Waals surface area contributed by atoms with Crippen molar-refractivity contribution >= 4 is 17.7 Å². The Morgan fingerprint density at radius 1 is 1.44 bits per heavy atom. The molecule has 1 fully saturated rings. The Bertz CT molecular complexity index is 307. The molecule has 3 atom stereocenters. The third kappa shape index (κ3) is 3.54. The van der Waals surface area contributed by atoms with Crippen molar-refractivity contribution < 1.29 is 18.0 Å². The summed E-state index contributed by atoms with van der Waals surface area (Å²) < 4.78 is 37.7. The van der Waals surface area contributed by atoms with Crippen LogP contribution in [0.5, 0.6) is 0 Å². The molecular formula is C11H19F3N2OS. The van der Waals surface area contributed by atoms with Crippen molar-refractivity contribution in [1.29, 1.82) is 0 Å². The number of nitrogens with two attached hydrogens (primary N) is 1. The molecule has 1 rings (SSSR count). The van der Waals surface area contributed by atoms with Crippen molar-refractivity contribution in [2.45, 2.75) is 56.1 Å². The number of nitrogens with one attached hydrogen (secondary N) is 1. The standard InChI is InChI=1S/C11H19F3N2OS/c1-3-18-8-5-4-7(6-8)16-9(17)10(2,15)11(12,13)14/h7-8H,3-6,15H2,1-2H3,(H,16,17). The second kappa shape index (κ2) is 5.69. The van der Waals surface area contributed by atoms with Crippen molar-refractivity contribution in [3.8, 4) is 0 Å². The Hall–Kier alpha value is -0.430. The fourth-order valence-electron chi connectivity index (χ4n) is 1.92. The van der Waals surface area contributed by atoms with E-state index >= 15 is 0 Å². The van der Waals surface area contributed by atoms with E-state index in [1.807, 2.05) is 6.92 Å². The van der Waals surface area contributed by atoms with Crippen LogP contribution in [0.15, 0.2) is 0 Å². The van der Waals surface area contributed by atoms with Crippen molar-refractivity contribution in [1.82, 2.24) is 5.32 Å². The molecule has 1 amide bonds. The minimum absolute atomic E-state index is 0.188. The van der Waals surface area contributed by atoms with Gasteiger partial charge in [-0.3, -0.25) is 4.79 Å². The molecule has 0 aromatic heterocycles. The van der Waals surface area contributed by atoms with Crippen LogP contribution < -0.4 is 11.1 Å². The van der Waals surface area contributed by atoms with Gasteiger partial charge in [-0.05, 0) is 31.9 Å². The molecule has 0 aromatic carbocycles. The van der Waals surface area contributed by atoms with Gasteiger partial charge in [-0.2, -0.15) is 24.9 Å². The molecule has 3 unspecified atom stereocenters. The monoisotopic (exact) mass is 284 g/mol. The summed E-state index contributed by atoms with van der Waals surface area (Å²) in [7, 11) is 0. The lowest BCUT2D eigenvalue weighted by Crippen LogP contribution is -2.62. The van der Waals surface area contributed by atoms with E-state index in [4.69, 9.17) is 5.73 Å². The highest BCUT2D eigenvalue weighted by Gasteiger charge is 2.54. The molecule has 1 aliphatic carbocycles. The number of alkyl halides is 3. The molecule has 3 N–H and O–H groups in total. The van der Waals surface area contributed by atoms with E-state index in [-0.39, 0.29) is 6.04 Å². The van der Waals surface area contributed by atoms with Crippen molar-refractivity contribution in [3.63, 3.8) is 0 Å². The summed E-state index contributed by atoms with van der Waals surface area (Å²) in [5.41, 5.74) is 2.25. The maximum atomic E-state index is 12.6. The summed E-state index contributed by atoms with van der Waals surface area (Å²) in [6.45, 7) is 2.74. The first-order chi connectivity index (χ1) is 8.18. The number of hydrogen-bond acceptors (Lipinski definition) is 3. The number of rotatable bonds is 4. The van der Waals surface area contributed by atoms with Gasteiger partial charge in [0, 0.05) is 11.3 Å². The highest BCUT2D eigenvalue weighted by atomic mass is 32.2. The van der Waals surface area contributed by atoms with Crippen molar-refractivity contribution in [2.75, 3.05) is 5.75 Å². The smallest absolute Gasteiger partial charge is 0.351 e. The summed E-state index contributed by atoms with van der Waals surface area (Å²) in [6, 6.07) is -0.188. The van der Waals surface area contributed by atoms with Crippen LogP contribution in [0.1, 0.15) is 33.1 Å². The van der Waals surface area contributed by atoms with E-state index in [1.165, 1.54) is 0 Å². The van der Waals surface area contributed by atoms with Crippen LogP contribution in [-0.4, -0.2) is 34.7 Å². The van der Waals surface area contributed by atoms with E-state index in [1.54, 1.807) is 11.8 Å². The van der Waals surface area contributed by atoms with Crippen LogP contribution in [0, 0.1) is 0 Å². The molecule has 0 aliphatic heterocycles. The van der Waals surface area contributed by atoms with E-state index in [2.05, 4.69) is 5.32 Å². The average molecular weight is 284 g/mol. The number of carbonyl (C=O) groups excluding carboxylic acids is 1. The Labute approximate surface area is 109 Å². The van der Waals surface area contributed by atoms with Crippen LogP contribution >= 0.6 is 11.8 Å². The first kappa shape index (κ1) is 15.6. The highest BCUT2D eigenvalue weighted by Crippen LogP contribution is 2.32. The third-order valence-corrected chi connectivity index (χ3v) is 4.42. The normalized spacial score (nSPS) is 27.9. The number of thioether (sulfide) groups is 1. The van der Waals surface area contributed by atoms with Gasteiger partial charge in [0.2, 0.25) is 5.91 Å². The van der Waals surface area contributed by atoms with Crippen LogP contribution in [0.3, 0.4) is 0 Å². The SMILES string of the molecule is CCSC1CCC(NC(=O)C(C)(N)C(F)(F)F)C1. The summed E-state index contributed by atoms with van der Waals surface area (Å²) in [4.78, 5) is 11.6. The van der Waals surface area contributed by atoms with E-state index < -0.39 is 17.6 Å². The molecule has 0 spiro atoms. The van der Waals surface area contributed by atoms with Crippen LogP contribution in [0.25, 0.3) is 0 Å². The van der Waals surface area contributed by atoms with Crippen molar-refractivity contribution in [2.24, 2.45) is 5.73 Å². The van der Waals surface area contributed by atoms with Gasteiger partial charge in [0.05, 0.1) is 0 Å². The lowest BCUT2D eigenvalue weighted by atomic mass is 10.0. The molecule has 0 radical (unpaired) electrons. The lowest BCUT2D eigenvalue weighted by Gasteiger charge is -2.27. The molecule has 0 bridgehead atoms. The zero-order valence-corrected chi connectivity index (χ0v) is 11.3. The van der Waals surface area contributed by atoms with Crippen LogP contribution in [0.2, 0.25) is 0 Å². The molecule has 18 heavy (non-hydrogen) atoms. The number of amides is 1. The largest absolute Gasteiger partial charge is 0.415 e. The summed E-state index contributed by atoms with van der Waals surface area (Å²) in [5, 5.41) is 2.84.